The van der Waals surface area contributed by atoms with E-state index in [1.165, 1.54) is 0 Å². The molecule has 0 saturated heterocycles. The van der Waals surface area contributed by atoms with Crippen molar-refractivity contribution in [1.82, 2.24) is 19.5 Å². The van der Waals surface area contributed by atoms with Crippen LogP contribution in [0.4, 0.5) is 5.69 Å². The van der Waals surface area contributed by atoms with Crippen LogP contribution in [0.1, 0.15) is 11.1 Å². The third kappa shape index (κ3) is 3.08. The van der Waals surface area contributed by atoms with Gasteiger partial charge in [0.1, 0.15) is 18.2 Å². The Kier molecular flexibility index (Phi) is 4.22. The van der Waals surface area contributed by atoms with Gasteiger partial charge < -0.3 is 5.32 Å². The molecule has 126 valence electrons. The number of nitrogens with zero attached hydrogens (tertiary/aromatic N) is 5. The van der Waals surface area contributed by atoms with Gasteiger partial charge in [-0.1, -0.05) is 17.7 Å². The molecule has 0 amide bonds. The first-order valence-electron chi connectivity index (χ1n) is 7.90. The van der Waals surface area contributed by atoms with Crippen molar-refractivity contribution in [3.63, 3.8) is 0 Å². The van der Waals surface area contributed by atoms with E-state index in [1.807, 2.05) is 35.0 Å². The van der Waals surface area contributed by atoms with E-state index in [0.717, 1.165) is 28.0 Å². The molecule has 1 N–H and O–H groups in total. The number of benzene rings is 1. The van der Waals surface area contributed by atoms with Crippen LogP contribution in [-0.4, -0.2) is 19.5 Å². The van der Waals surface area contributed by atoms with Crippen LogP contribution in [0.15, 0.2) is 61.4 Å². The van der Waals surface area contributed by atoms with Gasteiger partial charge in [0, 0.05) is 41.7 Å². The zero-order chi connectivity index (χ0) is 17.9. The highest BCUT2D eigenvalue weighted by atomic mass is 35.5. The lowest BCUT2D eigenvalue weighted by atomic mass is 10.1. The van der Waals surface area contributed by atoms with Crippen LogP contribution < -0.4 is 5.32 Å². The van der Waals surface area contributed by atoms with Gasteiger partial charge in [0.2, 0.25) is 0 Å². The van der Waals surface area contributed by atoms with E-state index in [4.69, 9.17) is 11.6 Å². The molecule has 26 heavy (non-hydrogen) atoms. The van der Waals surface area contributed by atoms with Crippen molar-refractivity contribution in [3.8, 4) is 11.9 Å². The maximum atomic E-state index is 9.40. The number of fused-ring (bicyclic) bond motifs is 1. The number of aromatic nitrogens is 4. The summed E-state index contributed by atoms with van der Waals surface area (Å²) in [6, 6.07) is 11.5. The van der Waals surface area contributed by atoms with Crippen LogP contribution in [0.2, 0.25) is 5.02 Å². The van der Waals surface area contributed by atoms with Gasteiger partial charge in [0.05, 0.1) is 16.8 Å². The van der Waals surface area contributed by atoms with Crippen molar-refractivity contribution in [2.75, 3.05) is 5.32 Å². The first-order chi connectivity index (χ1) is 12.7. The number of pyridine rings is 2. The molecule has 7 heteroatoms. The first-order valence-corrected chi connectivity index (χ1v) is 8.28. The predicted molar refractivity (Wildman–Crippen MR) is 100 cm³/mol. The molecule has 0 fully saturated rings. The van der Waals surface area contributed by atoms with E-state index in [0.29, 0.717) is 17.1 Å². The molecule has 0 aliphatic carbocycles. The summed E-state index contributed by atoms with van der Waals surface area (Å²) in [5, 5.41) is 14.1. The summed E-state index contributed by atoms with van der Waals surface area (Å²) < 4.78 is 1.84. The van der Waals surface area contributed by atoms with Gasteiger partial charge >= 0.3 is 0 Å². The largest absolute Gasteiger partial charge is 0.379 e. The van der Waals surface area contributed by atoms with E-state index in [9.17, 15) is 5.26 Å². The van der Waals surface area contributed by atoms with Gasteiger partial charge in [-0.2, -0.15) is 5.26 Å². The molecule has 0 unspecified atom stereocenters. The molecule has 3 heterocycles. The summed E-state index contributed by atoms with van der Waals surface area (Å²) in [4.78, 5) is 12.8. The molecule has 1 aromatic carbocycles. The number of rotatable bonds is 4. The topological polar surface area (TPSA) is 79.4 Å². The second-order valence-electron chi connectivity index (χ2n) is 5.67. The lowest BCUT2D eigenvalue weighted by Gasteiger charge is -2.12. The minimum Gasteiger partial charge on any atom is -0.379 e. The average molecular weight is 361 g/mol. The Morgan fingerprint density at radius 3 is 2.81 bits per heavy atom. The molecule has 4 rings (SSSR count). The van der Waals surface area contributed by atoms with E-state index >= 15 is 0 Å². The molecule has 0 radical (unpaired) electrons. The number of nitriles is 1. The summed E-state index contributed by atoms with van der Waals surface area (Å²) in [5.41, 5.74) is 2.97. The third-order valence-electron chi connectivity index (χ3n) is 4.00. The molecule has 0 aliphatic heterocycles. The van der Waals surface area contributed by atoms with Gasteiger partial charge in [0.15, 0.2) is 0 Å². The summed E-state index contributed by atoms with van der Waals surface area (Å²) in [5.74, 6) is 0.796. The molecule has 3 aromatic heterocycles. The fraction of sp³-hybridized carbons (Fsp3) is 0.0526. The van der Waals surface area contributed by atoms with Gasteiger partial charge in [-0.25, -0.2) is 9.97 Å². The van der Waals surface area contributed by atoms with Gasteiger partial charge in [-0.05, 0) is 29.8 Å². The maximum absolute atomic E-state index is 9.40. The molecule has 0 atom stereocenters. The number of imidazole rings is 1. The molecule has 0 bridgehead atoms. The van der Waals surface area contributed by atoms with Crippen LogP contribution in [0.25, 0.3) is 16.7 Å². The smallest absolute Gasteiger partial charge is 0.137 e. The quantitative estimate of drug-likeness (QED) is 0.596. The fourth-order valence-corrected chi connectivity index (χ4v) is 2.87. The van der Waals surface area contributed by atoms with E-state index in [-0.39, 0.29) is 0 Å². The van der Waals surface area contributed by atoms with Crippen LogP contribution in [0, 0.1) is 11.3 Å². The van der Waals surface area contributed by atoms with Crippen LogP contribution in [0.3, 0.4) is 0 Å². The highest BCUT2D eigenvalue weighted by Gasteiger charge is 2.09. The Morgan fingerprint density at radius 2 is 2.08 bits per heavy atom. The van der Waals surface area contributed by atoms with Crippen molar-refractivity contribution in [1.29, 1.82) is 5.26 Å². The number of hydrogen-bond acceptors (Lipinski definition) is 5. The molecular formula is C19H13ClN6. The normalized spacial score (nSPS) is 10.6. The summed E-state index contributed by atoms with van der Waals surface area (Å²) in [7, 11) is 0. The summed E-state index contributed by atoms with van der Waals surface area (Å²) >= 11 is 6.11. The second kappa shape index (κ2) is 6.82. The molecule has 0 saturated carbocycles. The first kappa shape index (κ1) is 16.1. The second-order valence-corrected chi connectivity index (χ2v) is 6.10. The third-order valence-corrected chi connectivity index (χ3v) is 4.23. The molecule has 0 spiro atoms. The monoisotopic (exact) mass is 360 g/mol. The lowest BCUT2D eigenvalue weighted by molar-refractivity contribution is 0.978. The maximum Gasteiger partial charge on any atom is 0.137 e. The standard InChI is InChI=1S/C19H13ClN6/c20-15-2-3-17-16(7-15)19(14(8-21)11-23-17)25-10-13-1-4-18(24-9-13)26-6-5-22-12-26/h1-7,9,11-12H,10H2,(H,23,25). The molecular weight excluding hydrogens is 348 g/mol. The summed E-state index contributed by atoms with van der Waals surface area (Å²) in [6.07, 6.45) is 8.61. The van der Waals surface area contributed by atoms with Crippen molar-refractivity contribution < 1.29 is 0 Å². The number of hydrogen-bond donors (Lipinski definition) is 1. The Balaban J connectivity index is 1.61. The molecule has 0 aliphatic rings. The predicted octanol–water partition coefficient (Wildman–Crippen LogP) is 3.95. The SMILES string of the molecule is N#Cc1cnc2ccc(Cl)cc2c1NCc1ccc(-n2ccnc2)nc1. The van der Waals surface area contributed by atoms with E-state index in [1.54, 1.807) is 31.0 Å². The van der Waals surface area contributed by atoms with Crippen molar-refractivity contribution in [2.45, 2.75) is 6.54 Å². The Bertz CT molecular complexity index is 1100. The van der Waals surface area contributed by atoms with Gasteiger partial charge in [-0.3, -0.25) is 9.55 Å². The van der Waals surface area contributed by atoms with Gasteiger partial charge in [-0.15, -0.1) is 0 Å². The average Bonchev–Trinajstić information content (AvgIpc) is 3.21. The van der Waals surface area contributed by atoms with Crippen molar-refractivity contribution in [2.24, 2.45) is 0 Å². The Morgan fingerprint density at radius 1 is 1.15 bits per heavy atom. The van der Waals surface area contributed by atoms with Gasteiger partial charge in [0.25, 0.3) is 0 Å². The molecule has 6 nitrogen and oxygen atoms in total. The number of halogens is 1. The van der Waals surface area contributed by atoms with Crippen LogP contribution in [-0.2, 0) is 6.54 Å². The number of anilines is 1. The van der Waals surface area contributed by atoms with Crippen molar-refractivity contribution >= 4 is 28.2 Å². The van der Waals surface area contributed by atoms with Crippen LogP contribution >= 0.6 is 11.6 Å². The highest BCUT2D eigenvalue weighted by molar-refractivity contribution is 6.31. The molecule has 4 aromatic rings. The number of nitrogens with one attached hydrogen (secondary N) is 1. The van der Waals surface area contributed by atoms with Crippen LogP contribution in [0.5, 0.6) is 0 Å². The van der Waals surface area contributed by atoms with E-state index in [2.05, 4.69) is 26.3 Å². The Labute approximate surface area is 154 Å². The van der Waals surface area contributed by atoms with Crippen molar-refractivity contribution in [3.05, 3.63) is 77.6 Å². The Hall–Kier alpha value is -3.43. The summed E-state index contributed by atoms with van der Waals surface area (Å²) in [6.45, 7) is 0.525. The minimum atomic E-state index is 0.475. The lowest BCUT2D eigenvalue weighted by Crippen LogP contribution is -2.04. The van der Waals surface area contributed by atoms with E-state index < -0.39 is 0 Å². The zero-order valence-electron chi connectivity index (χ0n) is 13.6. The highest BCUT2D eigenvalue weighted by Crippen LogP contribution is 2.28. The fourth-order valence-electron chi connectivity index (χ4n) is 2.70. The zero-order valence-corrected chi connectivity index (χ0v) is 14.4. The minimum absolute atomic E-state index is 0.475.